The molecule has 100 valence electrons. The Bertz CT molecular complexity index is 386. The molecule has 1 N–H and O–H groups in total. The minimum Gasteiger partial charge on any atom is -0.388 e. The molecule has 18 heavy (non-hydrogen) atoms. The van der Waals surface area contributed by atoms with E-state index in [1.54, 1.807) is 12.1 Å². The van der Waals surface area contributed by atoms with E-state index in [0.29, 0.717) is 10.4 Å². The molecule has 0 aromatic heterocycles. The van der Waals surface area contributed by atoms with Crippen LogP contribution in [0.25, 0.3) is 0 Å². The maximum Gasteiger partial charge on any atom is 0.137 e. The number of rotatable bonds is 3. The summed E-state index contributed by atoms with van der Waals surface area (Å²) in [6.45, 7) is 0. The molecular weight excluding hydrogens is 295 g/mol. The maximum absolute atomic E-state index is 13.1. The summed E-state index contributed by atoms with van der Waals surface area (Å²) >= 11 is 3.17. The van der Waals surface area contributed by atoms with Gasteiger partial charge in [-0.3, -0.25) is 0 Å². The summed E-state index contributed by atoms with van der Waals surface area (Å²) in [5.41, 5.74) is 0.813. The zero-order chi connectivity index (χ0) is 13.0. The Hall–Kier alpha value is -0.410. The first-order valence-corrected chi connectivity index (χ1v) is 7.59. The van der Waals surface area contributed by atoms with Gasteiger partial charge in [0.05, 0.1) is 10.6 Å². The van der Waals surface area contributed by atoms with E-state index in [4.69, 9.17) is 0 Å². The summed E-state index contributed by atoms with van der Waals surface area (Å²) in [6, 6.07) is 4.79. The van der Waals surface area contributed by atoms with Gasteiger partial charge in [0.15, 0.2) is 0 Å². The Kier molecular flexibility index (Phi) is 5.19. The lowest BCUT2D eigenvalue weighted by Gasteiger charge is -2.19. The van der Waals surface area contributed by atoms with Gasteiger partial charge in [0.25, 0.3) is 0 Å². The fourth-order valence-corrected chi connectivity index (χ4v) is 3.17. The molecule has 1 aliphatic rings. The molecule has 0 bridgehead atoms. The Morgan fingerprint density at radius 3 is 2.50 bits per heavy atom. The summed E-state index contributed by atoms with van der Waals surface area (Å²) in [5, 5.41) is 10.2. The lowest BCUT2D eigenvalue weighted by atomic mass is 9.91. The van der Waals surface area contributed by atoms with E-state index < -0.39 is 6.10 Å². The van der Waals surface area contributed by atoms with Crippen LogP contribution in [-0.2, 0) is 0 Å². The van der Waals surface area contributed by atoms with Crippen molar-refractivity contribution in [2.24, 2.45) is 5.92 Å². The Balaban J connectivity index is 1.97. The van der Waals surface area contributed by atoms with E-state index in [2.05, 4.69) is 15.9 Å². The molecule has 1 aromatic carbocycles. The van der Waals surface area contributed by atoms with Crippen molar-refractivity contribution in [3.8, 4) is 0 Å². The topological polar surface area (TPSA) is 20.2 Å². The smallest absolute Gasteiger partial charge is 0.137 e. The van der Waals surface area contributed by atoms with Crippen LogP contribution in [0.3, 0.4) is 0 Å². The molecule has 0 amide bonds. The molecule has 3 heteroatoms. The van der Waals surface area contributed by atoms with Crippen molar-refractivity contribution in [1.82, 2.24) is 0 Å². The van der Waals surface area contributed by atoms with E-state index in [1.807, 2.05) is 0 Å². The first-order chi connectivity index (χ1) is 8.66. The van der Waals surface area contributed by atoms with Crippen LogP contribution in [-0.4, -0.2) is 5.11 Å². The van der Waals surface area contributed by atoms with Gasteiger partial charge in [-0.25, -0.2) is 4.39 Å². The van der Waals surface area contributed by atoms with Gasteiger partial charge in [-0.1, -0.05) is 44.6 Å². The van der Waals surface area contributed by atoms with Crippen LogP contribution < -0.4 is 0 Å². The minimum atomic E-state index is -0.468. The van der Waals surface area contributed by atoms with Crippen LogP contribution in [0.4, 0.5) is 4.39 Å². The molecule has 1 aromatic rings. The first kappa shape index (κ1) is 14.0. The number of hydrogen-bond donors (Lipinski definition) is 1. The third kappa shape index (κ3) is 3.79. The number of hydrogen-bond acceptors (Lipinski definition) is 1. The first-order valence-electron chi connectivity index (χ1n) is 6.80. The van der Waals surface area contributed by atoms with Crippen LogP contribution in [0.5, 0.6) is 0 Å². The summed E-state index contributed by atoms with van der Waals surface area (Å²) < 4.78 is 13.6. The summed E-state index contributed by atoms with van der Waals surface area (Å²) in [5.74, 6) is 0.340. The predicted molar refractivity (Wildman–Crippen MR) is 74.9 cm³/mol. The molecule has 0 heterocycles. The molecule has 1 aliphatic carbocycles. The molecule has 0 spiro atoms. The molecular formula is C15H20BrFO. The van der Waals surface area contributed by atoms with E-state index >= 15 is 0 Å². The van der Waals surface area contributed by atoms with Crippen LogP contribution in [0.15, 0.2) is 22.7 Å². The van der Waals surface area contributed by atoms with Gasteiger partial charge in [-0.15, -0.1) is 0 Å². The largest absolute Gasteiger partial charge is 0.388 e. The van der Waals surface area contributed by atoms with Crippen LogP contribution in [0, 0.1) is 11.7 Å². The Labute approximate surface area is 117 Å². The van der Waals surface area contributed by atoms with Gasteiger partial charge < -0.3 is 5.11 Å². The SMILES string of the molecule is OC(CC1CCCCCC1)c1ccc(F)c(Br)c1. The summed E-state index contributed by atoms with van der Waals surface area (Å²) in [4.78, 5) is 0. The predicted octanol–water partition coefficient (Wildman–Crippen LogP) is 4.98. The van der Waals surface area contributed by atoms with Crippen molar-refractivity contribution in [2.75, 3.05) is 0 Å². The molecule has 0 radical (unpaired) electrons. The number of aliphatic hydroxyl groups is 1. The second-order valence-corrected chi connectivity index (χ2v) is 6.14. The summed E-state index contributed by atoms with van der Waals surface area (Å²) in [7, 11) is 0. The maximum atomic E-state index is 13.1. The third-order valence-corrected chi connectivity index (χ3v) is 4.47. The second kappa shape index (κ2) is 6.67. The highest BCUT2D eigenvalue weighted by molar-refractivity contribution is 9.10. The normalized spacial score (nSPS) is 19.5. The molecule has 1 unspecified atom stereocenters. The average molecular weight is 315 g/mol. The fourth-order valence-electron chi connectivity index (χ4n) is 2.77. The lowest BCUT2D eigenvalue weighted by Crippen LogP contribution is -2.07. The number of halogens is 2. The van der Waals surface area contributed by atoms with E-state index in [0.717, 1.165) is 12.0 Å². The molecule has 0 aliphatic heterocycles. The monoisotopic (exact) mass is 314 g/mol. The quantitative estimate of drug-likeness (QED) is 0.780. The van der Waals surface area contributed by atoms with Gasteiger partial charge in [0, 0.05) is 0 Å². The van der Waals surface area contributed by atoms with E-state index in [-0.39, 0.29) is 5.82 Å². The van der Waals surface area contributed by atoms with Crippen LogP contribution >= 0.6 is 15.9 Å². The van der Waals surface area contributed by atoms with Crippen LogP contribution in [0.2, 0.25) is 0 Å². The average Bonchev–Trinajstić information content (AvgIpc) is 2.61. The van der Waals surface area contributed by atoms with Crippen molar-refractivity contribution in [3.63, 3.8) is 0 Å². The molecule has 1 fully saturated rings. The van der Waals surface area contributed by atoms with Gasteiger partial charge in [-0.05, 0) is 46.0 Å². The molecule has 1 nitrogen and oxygen atoms in total. The Morgan fingerprint density at radius 1 is 1.22 bits per heavy atom. The molecule has 1 saturated carbocycles. The highest BCUT2D eigenvalue weighted by Gasteiger charge is 2.18. The molecule has 0 saturated heterocycles. The standard InChI is InChI=1S/C15H20BrFO/c16-13-10-12(7-8-14(13)17)15(18)9-11-5-3-1-2-4-6-11/h7-8,10-11,15,18H,1-6,9H2. The fraction of sp³-hybridized carbons (Fsp3) is 0.600. The second-order valence-electron chi connectivity index (χ2n) is 5.28. The minimum absolute atomic E-state index is 0.277. The zero-order valence-corrected chi connectivity index (χ0v) is 12.1. The van der Waals surface area contributed by atoms with Crippen molar-refractivity contribution >= 4 is 15.9 Å². The van der Waals surface area contributed by atoms with Crippen molar-refractivity contribution in [3.05, 3.63) is 34.1 Å². The lowest BCUT2D eigenvalue weighted by molar-refractivity contribution is 0.139. The van der Waals surface area contributed by atoms with Crippen LogP contribution in [0.1, 0.15) is 56.6 Å². The number of aliphatic hydroxyl groups excluding tert-OH is 1. The summed E-state index contributed by atoms with van der Waals surface area (Å²) in [6.07, 6.45) is 8.00. The van der Waals surface area contributed by atoms with E-state index in [9.17, 15) is 9.50 Å². The van der Waals surface area contributed by atoms with Crippen molar-refractivity contribution < 1.29 is 9.50 Å². The Morgan fingerprint density at radius 2 is 1.89 bits per heavy atom. The van der Waals surface area contributed by atoms with Crippen molar-refractivity contribution in [1.29, 1.82) is 0 Å². The van der Waals surface area contributed by atoms with E-state index in [1.165, 1.54) is 44.6 Å². The van der Waals surface area contributed by atoms with Gasteiger partial charge in [0.2, 0.25) is 0 Å². The van der Waals surface area contributed by atoms with Crippen molar-refractivity contribution in [2.45, 2.75) is 51.0 Å². The van der Waals surface area contributed by atoms with Gasteiger partial charge in [0.1, 0.15) is 5.82 Å². The van der Waals surface area contributed by atoms with Gasteiger partial charge in [-0.2, -0.15) is 0 Å². The van der Waals surface area contributed by atoms with Gasteiger partial charge >= 0.3 is 0 Å². The zero-order valence-electron chi connectivity index (χ0n) is 10.5. The highest BCUT2D eigenvalue weighted by Crippen LogP contribution is 2.32. The number of benzene rings is 1. The highest BCUT2D eigenvalue weighted by atomic mass is 79.9. The molecule has 1 atom stereocenters. The third-order valence-electron chi connectivity index (χ3n) is 3.86. The molecule has 2 rings (SSSR count).